The van der Waals surface area contributed by atoms with Gasteiger partial charge in [0.25, 0.3) is 0 Å². The average Bonchev–Trinajstić information content (AvgIpc) is 2.62. The SMILES string of the molecule is CC(C)CSCCC1CC1. The van der Waals surface area contributed by atoms with Crippen molar-refractivity contribution in [3.05, 3.63) is 0 Å². The van der Waals surface area contributed by atoms with Crippen molar-refractivity contribution in [2.24, 2.45) is 11.8 Å². The lowest BCUT2D eigenvalue weighted by atomic mass is 10.3. The summed E-state index contributed by atoms with van der Waals surface area (Å²) in [5.74, 6) is 4.76. The average molecular weight is 158 g/mol. The molecule has 0 aromatic carbocycles. The third-order valence-electron chi connectivity index (χ3n) is 1.82. The molecule has 0 aliphatic heterocycles. The van der Waals surface area contributed by atoms with Crippen LogP contribution < -0.4 is 0 Å². The molecule has 1 heteroatoms. The third kappa shape index (κ3) is 4.21. The summed E-state index contributed by atoms with van der Waals surface area (Å²) in [5.41, 5.74) is 0. The monoisotopic (exact) mass is 158 g/mol. The fraction of sp³-hybridized carbons (Fsp3) is 1.00. The molecule has 0 bridgehead atoms. The van der Waals surface area contributed by atoms with Gasteiger partial charge in [-0.3, -0.25) is 0 Å². The molecule has 0 spiro atoms. The van der Waals surface area contributed by atoms with E-state index in [2.05, 4.69) is 25.6 Å². The molecule has 10 heavy (non-hydrogen) atoms. The van der Waals surface area contributed by atoms with Gasteiger partial charge in [0, 0.05) is 0 Å². The van der Waals surface area contributed by atoms with Gasteiger partial charge < -0.3 is 0 Å². The van der Waals surface area contributed by atoms with Crippen molar-refractivity contribution in [3.63, 3.8) is 0 Å². The highest BCUT2D eigenvalue weighted by molar-refractivity contribution is 7.99. The molecule has 1 aliphatic rings. The third-order valence-corrected chi connectivity index (χ3v) is 3.25. The minimum atomic E-state index is 0.879. The Morgan fingerprint density at radius 3 is 2.60 bits per heavy atom. The van der Waals surface area contributed by atoms with Crippen LogP contribution in [0.1, 0.15) is 33.1 Å². The molecule has 0 nitrogen and oxygen atoms in total. The van der Waals surface area contributed by atoms with E-state index in [9.17, 15) is 0 Å². The van der Waals surface area contributed by atoms with Gasteiger partial charge in [0.05, 0.1) is 0 Å². The van der Waals surface area contributed by atoms with E-state index in [1.165, 1.54) is 30.8 Å². The van der Waals surface area contributed by atoms with Crippen LogP contribution in [0.15, 0.2) is 0 Å². The van der Waals surface area contributed by atoms with Crippen molar-refractivity contribution >= 4 is 11.8 Å². The Kier molecular flexibility index (Phi) is 3.61. The first kappa shape index (κ1) is 8.45. The second kappa shape index (κ2) is 4.27. The summed E-state index contributed by atoms with van der Waals surface area (Å²) in [4.78, 5) is 0. The van der Waals surface area contributed by atoms with Crippen molar-refractivity contribution in [1.82, 2.24) is 0 Å². The molecule has 1 rings (SSSR count). The predicted molar refractivity (Wildman–Crippen MR) is 49.5 cm³/mol. The van der Waals surface area contributed by atoms with Crippen LogP contribution in [0, 0.1) is 11.8 Å². The smallest absolute Gasteiger partial charge is 0.00444 e. The Balaban J connectivity index is 1.76. The number of rotatable bonds is 5. The minimum Gasteiger partial charge on any atom is -0.162 e. The van der Waals surface area contributed by atoms with Crippen LogP contribution in [0.4, 0.5) is 0 Å². The summed E-state index contributed by atoms with van der Waals surface area (Å²) in [6.07, 6.45) is 4.52. The van der Waals surface area contributed by atoms with E-state index in [-0.39, 0.29) is 0 Å². The highest BCUT2D eigenvalue weighted by Gasteiger charge is 2.19. The quantitative estimate of drug-likeness (QED) is 0.554. The molecule has 60 valence electrons. The zero-order chi connectivity index (χ0) is 7.40. The Morgan fingerprint density at radius 1 is 1.40 bits per heavy atom. The Labute approximate surface area is 68.8 Å². The largest absolute Gasteiger partial charge is 0.162 e. The van der Waals surface area contributed by atoms with E-state index < -0.39 is 0 Å². The van der Waals surface area contributed by atoms with Crippen molar-refractivity contribution in [3.8, 4) is 0 Å². The zero-order valence-corrected chi connectivity index (χ0v) is 7.91. The van der Waals surface area contributed by atoms with Crippen LogP contribution in [0.3, 0.4) is 0 Å². The molecular weight excluding hydrogens is 140 g/mol. The summed E-state index contributed by atoms with van der Waals surface area (Å²) in [6.45, 7) is 4.59. The van der Waals surface area contributed by atoms with Crippen LogP contribution in [0.5, 0.6) is 0 Å². The molecule has 1 aliphatic carbocycles. The maximum absolute atomic E-state index is 2.30. The Hall–Kier alpha value is 0.350. The van der Waals surface area contributed by atoms with Crippen molar-refractivity contribution in [1.29, 1.82) is 0 Å². The van der Waals surface area contributed by atoms with Crippen LogP contribution in [0.25, 0.3) is 0 Å². The Morgan fingerprint density at radius 2 is 2.10 bits per heavy atom. The van der Waals surface area contributed by atoms with Crippen LogP contribution in [0.2, 0.25) is 0 Å². The second-order valence-electron chi connectivity index (χ2n) is 3.70. The fourth-order valence-corrected chi connectivity index (χ4v) is 2.11. The second-order valence-corrected chi connectivity index (χ2v) is 4.85. The topological polar surface area (TPSA) is 0 Å². The molecule has 0 atom stereocenters. The lowest BCUT2D eigenvalue weighted by molar-refractivity contribution is 0.746. The van der Waals surface area contributed by atoms with Crippen molar-refractivity contribution in [2.45, 2.75) is 33.1 Å². The number of hydrogen-bond donors (Lipinski definition) is 0. The number of thioether (sulfide) groups is 1. The highest BCUT2D eigenvalue weighted by Crippen LogP contribution is 2.33. The van der Waals surface area contributed by atoms with Crippen molar-refractivity contribution < 1.29 is 0 Å². The van der Waals surface area contributed by atoms with Gasteiger partial charge in [0.2, 0.25) is 0 Å². The summed E-state index contributed by atoms with van der Waals surface area (Å²) >= 11 is 2.13. The lowest BCUT2D eigenvalue weighted by Gasteiger charge is -2.02. The molecule has 0 heterocycles. The first-order chi connectivity index (χ1) is 4.79. The van der Waals surface area contributed by atoms with E-state index in [1.54, 1.807) is 0 Å². The van der Waals surface area contributed by atoms with Gasteiger partial charge >= 0.3 is 0 Å². The van der Waals surface area contributed by atoms with E-state index in [0.29, 0.717) is 0 Å². The molecule has 0 N–H and O–H groups in total. The first-order valence-corrected chi connectivity index (χ1v) is 5.52. The first-order valence-electron chi connectivity index (χ1n) is 4.37. The molecule has 0 unspecified atom stereocenters. The predicted octanol–water partition coefficient (Wildman–Crippen LogP) is 3.18. The summed E-state index contributed by atoms with van der Waals surface area (Å²) in [7, 11) is 0. The maximum atomic E-state index is 2.30. The van der Waals surface area contributed by atoms with Gasteiger partial charge in [0.15, 0.2) is 0 Å². The number of hydrogen-bond acceptors (Lipinski definition) is 1. The molecule has 0 aromatic rings. The lowest BCUT2D eigenvalue weighted by Crippen LogP contribution is -1.92. The molecule has 0 aromatic heterocycles. The molecule has 0 amide bonds. The van der Waals surface area contributed by atoms with Gasteiger partial charge in [0.1, 0.15) is 0 Å². The molecular formula is C9H18S. The molecule has 0 saturated heterocycles. The zero-order valence-electron chi connectivity index (χ0n) is 7.10. The van der Waals surface area contributed by atoms with Gasteiger partial charge in [-0.1, -0.05) is 26.7 Å². The summed E-state index contributed by atoms with van der Waals surface area (Å²) < 4.78 is 0. The standard InChI is InChI=1S/C9H18S/c1-8(2)7-10-6-5-9-3-4-9/h8-9H,3-7H2,1-2H3. The van der Waals surface area contributed by atoms with Gasteiger partial charge in [-0.15, -0.1) is 0 Å². The van der Waals surface area contributed by atoms with Crippen LogP contribution in [-0.4, -0.2) is 11.5 Å². The Bertz CT molecular complexity index is 80.7. The minimum absolute atomic E-state index is 0.879. The van der Waals surface area contributed by atoms with E-state index in [1.807, 2.05) is 0 Å². The molecule has 0 radical (unpaired) electrons. The van der Waals surface area contributed by atoms with Gasteiger partial charge in [-0.25, -0.2) is 0 Å². The van der Waals surface area contributed by atoms with E-state index in [0.717, 1.165) is 11.8 Å². The van der Waals surface area contributed by atoms with Crippen LogP contribution >= 0.6 is 11.8 Å². The van der Waals surface area contributed by atoms with Crippen LogP contribution in [-0.2, 0) is 0 Å². The summed E-state index contributed by atoms with van der Waals surface area (Å²) in [6, 6.07) is 0. The normalized spacial score (nSPS) is 18.3. The van der Waals surface area contributed by atoms with E-state index >= 15 is 0 Å². The molecule has 1 fully saturated rings. The maximum Gasteiger partial charge on any atom is -0.00444 e. The van der Waals surface area contributed by atoms with E-state index in [4.69, 9.17) is 0 Å². The van der Waals surface area contributed by atoms with Gasteiger partial charge in [-0.05, 0) is 29.8 Å². The molecule has 1 saturated carbocycles. The van der Waals surface area contributed by atoms with Gasteiger partial charge in [-0.2, -0.15) is 11.8 Å². The summed E-state index contributed by atoms with van der Waals surface area (Å²) in [5, 5.41) is 0. The van der Waals surface area contributed by atoms with Crippen molar-refractivity contribution in [2.75, 3.05) is 11.5 Å². The fourth-order valence-electron chi connectivity index (χ4n) is 0.976. The highest BCUT2D eigenvalue weighted by atomic mass is 32.2.